The highest BCUT2D eigenvalue weighted by atomic mass is 127. The Bertz CT molecular complexity index is 1620. The molecule has 0 amide bonds. The molecule has 39 heavy (non-hydrogen) atoms. The Balaban J connectivity index is 0.918. The fourth-order valence-electron chi connectivity index (χ4n) is 5.74. The second kappa shape index (κ2) is 10.3. The Morgan fingerprint density at radius 2 is 1.67 bits per heavy atom. The van der Waals surface area contributed by atoms with Gasteiger partial charge in [0.15, 0.2) is 3.83 Å². The van der Waals surface area contributed by atoms with Crippen molar-refractivity contribution in [1.82, 2.24) is 24.5 Å². The number of fused-ring (bicyclic) bond motifs is 3. The van der Waals surface area contributed by atoms with Crippen LogP contribution in [-0.2, 0) is 11.8 Å². The van der Waals surface area contributed by atoms with Gasteiger partial charge in [0, 0.05) is 108 Å². The lowest BCUT2D eigenvalue weighted by molar-refractivity contribution is -0.102. The number of aromatic nitrogens is 5. The summed E-state index contributed by atoms with van der Waals surface area (Å²) in [6.45, 7) is 1.93. The molecule has 2 aliphatic rings. The van der Waals surface area contributed by atoms with Gasteiger partial charge in [-0.25, -0.2) is 15.0 Å². The summed E-state index contributed by atoms with van der Waals surface area (Å²) in [5.41, 5.74) is 4.58. The molecule has 1 aliphatic heterocycles. The van der Waals surface area contributed by atoms with E-state index in [-0.39, 0.29) is 12.2 Å². The number of nitrogens with zero attached hydrogens (tertiary/aromatic N) is 6. The molecule has 7 rings (SSSR count). The number of hydrogen-bond acceptors (Lipinski definition) is 7. The molecule has 8 nitrogen and oxygen atoms in total. The summed E-state index contributed by atoms with van der Waals surface area (Å²) in [6.07, 6.45) is 12.1. The van der Waals surface area contributed by atoms with Crippen molar-refractivity contribution in [3.63, 3.8) is 0 Å². The van der Waals surface area contributed by atoms with Gasteiger partial charge in [-0.2, -0.15) is 0 Å². The van der Waals surface area contributed by atoms with Crippen molar-refractivity contribution in [3.8, 4) is 17.0 Å². The molecule has 1 saturated carbocycles. The van der Waals surface area contributed by atoms with Crippen LogP contribution in [-0.4, -0.2) is 55.9 Å². The lowest BCUT2D eigenvalue weighted by atomic mass is 9.91. The smallest absolute Gasteiger partial charge is 0.213 e. The molecule has 2 fully saturated rings. The number of anilines is 1. The van der Waals surface area contributed by atoms with E-state index in [0.29, 0.717) is 12.0 Å². The number of rotatable bonds is 6. The van der Waals surface area contributed by atoms with E-state index in [4.69, 9.17) is 9.47 Å². The van der Waals surface area contributed by atoms with Crippen LogP contribution in [0.5, 0.6) is 5.88 Å². The molecule has 0 spiro atoms. The van der Waals surface area contributed by atoms with Crippen LogP contribution in [0.1, 0.15) is 25.7 Å². The average molecular weight is 633 g/mol. The predicted molar refractivity (Wildman–Crippen MR) is 160 cm³/mol. The van der Waals surface area contributed by atoms with Crippen LogP contribution in [0, 0.1) is 3.83 Å². The molecule has 0 unspecified atom stereocenters. The maximum Gasteiger partial charge on any atom is 0.213 e. The van der Waals surface area contributed by atoms with Crippen LogP contribution >= 0.6 is 22.6 Å². The molecule has 1 aromatic carbocycles. The Hall–Kier alpha value is -3.31. The first kappa shape index (κ1) is 24.7. The molecule has 0 N–H and O–H groups in total. The summed E-state index contributed by atoms with van der Waals surface area (Å²) in [6, 6.07) is 14.7. The van der Waals surface area contributed by atoms with Crippen LogP contribution in [0.4, 0.5) is 5.82 Å². The third-order valence-corrected chi connectivity index (χ3v) is 8.50. The Labute approximate surface area is 240 Å². The zero-order valence-corrected chi connectivity index (χ0v) is 23.9. The van der Waals surface area contributed by atoms with Gasteiger partial charge < -0.3 is 18.9 Å². The fraction of sp³-hybridized carbons (Fsp3) is 0.333. The zero-order chi connectivity index (χ0) is 26.3. The summed E-state index contributed by atoms with van der Waals surface area (Å²) < 4.78 is 15.5. The first-order chi connectivity index (χ1) is 19.1. The number of pyridine rings is 2. The number of piperidine rings is 1. The van der Waals surface area contributed by atoms with E-state index in [0.717, 1.165) is 59.5 Å². The minimum atomic E-state index is 0.164. The van der Waals surface area contributed by atoms with Crippen molar-refractivity contribution >= 4 is 50.2 Å². The molecule has 9 heteroatoms. The van der Waals surface area contributed by atoms with Gasteiger partial charge in [0.05, 0.1) is 17.7 Å². The summed E-state index contributed by atoms with van der Waals surface area (Å²) in [5, 5.41) is 2.39. The summed E-state index contributed by atoms with van der Waals surface area (Å²) in [4.78, 5) is 20.0. The van der Waals surface area contributed by atoms with E-state index in [1.54, 1.807) is 0 Å². The molecule has 0 atom stereocenters. The van der Waals surface area contributed by atoms with Crippen LogP contribution in [0.15, 0.2) is 67.3 Å². The number of ether oxygens (including phenoxy) is 2. The third-order valence-electron chi connectivity index (χ3n) is 7.98. The first-order valence-electron chi connectivity index (χ1n) is 13.4. The van der Waals surface area contributed by atoms with Gasteiger partial charge in [-0.15, -0.1) is 0 Å². The fourth-order valence-corrected chi connectivity index (χ4v) is 6.15. The largest absolute Gasteiger partial charge is 0.474 e. The van der Waals surface area contributed by atoms with Crippen molar-refractivity contribution in [2.45, 2.75) is 44.0 Å². The van der Waals surface area contributed by atoms with Crippen molar-refractivity contribution < 1.29 is 9.47 Å². The van der Waals surface area contributed by atoms with Gasteiger partial charge in [0.25, 0.3) is 0 Å². The van der Waals surface area contributed by atoms with Crippen molar-refractivity contribution in [1.29, 1.82) is 0 Å². The summed E-state index contributed by atoms with van der Waals surface area (Å²) in [7, 11) is 2.10. The molecular weight excluding hydrogens is 603 g/mol. The molecular formula is C30H29IN6O2. The third kappa shape index (κ3) is 4.93. The zero-order valence-electron chi connectivity index (χ0n) is 21.7. The van der Waals surface area contributed by atoms with Crippen LogP contribution in [0.2, 0.25) is 0 Å². The standard InChI is InChI=1S/C30H29IN6O2/c1-36-26-6-10-32-18-25(26)24-4-2-19(14-27(24)36)20-3-5-29(34-17-20)39-23-15-22(16-23)38-21-8-12-37(13-9-21)28-7-11-33-30(31)35-28/h2-7,10-11,14,17-18,21-23H,8-9,12-13,15-16H2,1H3/t22-,23-. The SMILES string of the molecule is Cn1c2ccncc2c2ccc(-c3ccc(O[C@H]4C[C@H](OC5CCN(c6ccnc(I)n6)CC5)C4)nc3)cc21. The maximum absolute atomic E-state index is 6.38. The average Bonchev–Trinajstić information content (AvgIpc) is 3.24. The van der Waals surface area contributed by atoms with Gasteiger partial charge in [0.1, 0.15) is 11.9 Å². The van der Waals surface area contributed by atoms with Gasteiger partial charge in [-0.05, 0) is 42.7 Å². The molecule has 5 heterocycles. The predicted octanol–water partition coefficient (Wildman–Crippen LogP) is 5.78. The van der Waals surface area contributed by atoms with Crippen molar-refractivity contribution in [2.24, 2.45) is 7.05 Å². The van der Waals surface area contributed by atoms with Crippen molar-refractivity contribution in [3.05, 3.63) is 71.1 Å². The second-order valence-corrected chi connectivity index (χ2v) is 11.4. The van der Waals surface area contributed by atoms with E-state index >= 15 is 0 Å². The lowest BCUT2D eigenvalue weighted by Crippen LogP contribution is -2.44. The Morgan fingerprint density at radius 3 is 2.46 bits per heavy atom. The van der Waals surface area contributed by atoms with Crippen LogP contribution in [0.25, 0.3) is 32.9 Å². The van der Waals surface area contributed by atoms with E-state index in [1.165, 1.54) is 21.8 Å². The van der Waals surface area contributed by atoms with Gasteiger partial charge in [-0.3, -0.25) is 4.98 Å². The highest BCUT2D eigenvalue weighted by Gasteiger charge is 2.35. The van der Waals surface area contributed by atoms with E-state index < -0.39 is 0 Å². The molecule has 198 valence electrons. The van der Waals surface area contributed by atoms with Crippen molar-refractivity contribution in [2.75, 3.05) is 18.0 Å². The number of hydrogen-bond donors (Lipinski definition) is 0. The quantitative estimate of drug-likeness (QED) is 0.174. The molecule has 1 saturated heterocycles. The minimum Gasteiger partial charge on any atom is -0.474 e. The monoisotopic (exact) mass is 632 g/mol. The highest BCUT2D eigenvalue weighted by molar-refractivity contribution is 14.1. The molecule has 4 aromatic heterocycles. The molecule has 0 bridgehead atoms. The minimum absolute atomic E-state index is 0.164. The van der Waals surface area contributed by atoms with Gasteiger partial charge in [0.2, 0.25) is 5.88 Å². The normalized spacial score (nSPS) is 19.9. The highest BCUT2D eigenvalue weighted by Crippen LogP contribution is 2.33. The number of aryl methyl sites for hydroxylation is 1. The van der Waals surface area contributed by atoms with Crippen LogP contribution in [0.3, 0.4) is 0 Å². The van der Waals surface area contributed by atoms with E-state index in [9.17, 15) is 0 Å². The first-order valence-corrected chi connectivity index (χ1v) is 14.5. The Kier molecular flexibility index (Phi) is 6.56. The van der Waals surface area contributed by atoms with E-state index in [1.807, 2.05) is 36.9 Å². The lowest BCUT2D eigenvalue weighted by Gasteiger charge is -2.39. The molecule has 1 aliphatic carbocycles. The topological polar surface area (TPSA) is 78.2 Å². The number of halogens is 1. The Morgan fingerprint density at radius 1 is 0.821 bits per heavy atom. The summed E-state index contributed by atoms with van der Waals surface area (Å²) >= 11 is 2.16. The van der Waals surface area contributed by atoms with E-state index in [2.05, 4.69) is 89.4 Å². The van der Waals surface area contributed by atoms with Gasteiger partial charge >= 0.3 is 0 Å². The second-order valence-electron chi connectivity index (χ2n) is 10.4. The maximum atomic E-state index is 6.38. The number of benzene rings is 1. The summed E-state index contributed by atoms with van der Waals surface area (Å²) in [5.74, 6) is 1.68. The molecule has 5 aromatic rings. The van der Waals surface area contributed by atoms with Gasteiger partial charge in [-0.1, -0.05) is 12.1 Å². The van der Waals surface area contributed by atoms with Crippen LogP contribution < -0.4 is 9.64 Å². The molecule has 0 radical (unpaired) electrons.